The van der Waals surface area contributed by atoms with Crippen molar-refractivity contribution in [3.8, 4) is 0 Å². The lowest BCUT2D eigenvalue weighted by Gasteiger charge is -2.03. The van der Waals surface area contributed by atoms with Crippen LogP contribution in [0.1, 0.15) is 41.0 Å². The zero-order valence-corrected chi connectivity index (χ0v) is 14.9. The van der Waals surface area contributed by atoms with Crippen LogP contribution in [0.2, 0.25) is 0 Å². The molecule has 2 aromatic heterocycles. The van der Waals surface area contributed by atoms with Gasteiger partial charge in [-0.1, -0.05) is 11.8 Å². The number of ether oxygens (including phenoxy) is 1. The molecule has 1 saturated carbocycles. The predicted octanol–water partition coefficient (Wildman–Crippen LogP) is 2.29. The molecule has 0 aromatic carbocycles. The number of rotatable bonds is 7. The van der Waals surface area contributed by atoms with Crippen LogP contribution in [0.15, 0.2) is 11.2 Å². The number of aromatic nitrogens is 4. The van der Waals surface area contributed by atoms with Gasteiger partial charge in [-0.25, -0.2) is 9.48 Å². The number of hydrogen-bond acceptors (Lipinski definition) is 8. The summed E-state index contributed by atoms with van der Waals surface area (Å²) in [7, 11) is 0. The van der Waals surface area contributed by atoms with Crippen molar-refractivity contribution in [2.45, 2.75) is 37.9 Å². The van der Waals surface area contributed by atoms with Crippen molar-refractivity contribution in [3.05, 3.63) is 16.5 Å². The van der Waals surface area contributed by atoms with Gasteiger partial charge in [0.2, 0.25) is 11.1 Å². The molecule has 1 aliphatic carbocycles. The third-order valence-corrected chi connectivity index (χ3v) is 5.39. The molecule has 8 nitrogen and oxygen atoms in total. The van der Waals surface area contributed by atoms with Gasteiger partial charge in [-0.05, 0) is 48.7 Å². The summed E-state index contributed by atoms with van der Waals surface area (Å²) in [5, 5.41) is 15.6. The van der Waals surface area contributed by atoms with Crippen LogP contribution in [-0.4, -0.2) is 44.4 Å². The first-order chi connectivity index (χ1) is 11.6. The SMILES string of the molecule is CCOC(=O)c1sc(NC(=O)CSc2nnnn2C2CC2)cc1C. The van der Waals surface area contributed by atoms with E-state index in [9.17, 15) is 9.59 Å². The quantitative estimate of drug-likeness (QED) is 0.592. The molecule has 0 atom stereocenters. The standard InChI is InChI=1S/C14H17N5O3S2/c1-3-22-13(21)12-8(2)6-11(24-12)15-10(20)7-23-14-16-17-18-19(14)9-4-5-9/h6,9H,3-5,7H2,1-2H3,(H,15,20). The molecule has 0 aliphatic heterocycles. The Labute approximate surface area is 147 Å². The van der Waals surface area contributed by atoms with Crippen molar-refractivity contribution in [3.63, 3.8) is 0 Å². The molecule has 10 heteroatoms. The van der Waals surface area contributed by atoms with E-state index in [4.69, 9.17) is 4.74 Å². The van der Waals surface area contributed by atoms with Gasteiger partial charge in [0.25, 0.3) is 0 Å². The van der Waals surface area contributed by atoms with Gasteiger partial charge in [0, 0.05) is 0 Å². The van der Waals surface area contributed by atoms with E-state index in [-0.39, 0.29) is 17.6 Å². The van der Waals surface area contributed by atoms with Crippen molar-refractivity contribution in [2.24, 2.45) is 0 Å². The van der Waals surface area contributed by atoms with Gasteiger partial charge in [-0.2, -0.15) is 0 Å². The van der Waals surface area contributed by atoms with Gasteiger partial charge in [-0.3, -0.25) is 4.79 Å². The van der Waals surface area contributed by atoms with Gasteiger partial charge in [0.1, 0.15) is 4.88 Å². The van der Waals surface area contributed by atoms with E-state index < -0.39 is 0 Å². The van der Waals surface area contributed by atoms with Crippen LogP contribution in [0.4, 0.5) is 5.00 Å². The fraction of sp³-hybridized carbons (Fsp3) is 0.500. The summed E-state index contributed by atoms with van der Waals surface area (Å²) < 4.78 is 6.76. The number of thioether (sulfide) groups is 1. The molecule has 1 fully saturated rings. The molecule has 0 saturated heterocycles. The molecule has 128 valence electrons. The van der Waals surface area contributed by atoms with E-state index in [0.29, 0.717) is 27.7 Å². The Morgan fingerprint density at radius 2 is 2.29 bits per heavy atom. The summed E-state index contributed by atoms with van der Waals surface area (Å²) in [6.45, 7) is 3.90. The van der Waals surface area contributed by atoms with Crippen molar-refractivity contribution in [1.82, 2.24) is 20.2 Å². The molecule has 0 bridgehead atoms. The maximum absolute atomic E-state index is 12.1. The highest BCUT2D eigenvalue weighted by atomic mass is 32.2. The zero-order valence-electron chi connectivity index (χ0n) is 13.3. The number of thiophene rings is 1. The molecule has 1 N–H and O–H groups in total. The first-order valence-corrected chi connectivity index (χ1v) is 9.36. The number of nitrogens with one attached hydrogen (secondary N) is 1. The maximum Gasteiger partial charge on any atom is 0.348 e. The number of nitrogens with zero attached hydrogens (tertiary/aromatic N) is 4. The number of carbonyl (C=O) groups is 2. The average molecular weight is 367 g/mol. The molecule has 3 rings (SSSR count). The molecule has 0 spiro atoms. The summed E-state index contributed by atoms with van der Waals surface area (Å²) in [6.07, 6.45) is 2.16. The Morgan fingerprint density at radius 3 is 3.00 bits per heavy atom. The number of hydrogen-bond donors (Lipinski definition) is 1. The van der Waals surface area contributed by atoms with Crippen LogP contribution in [0.5, 0.6) is 0 Å². The Morgan fingerprint density at radius 1 is 1.50 bits per heavy atom. The molecular formula is C14H17N5O3S2. The number of esters is 1. The third-order valence-electron chi connectivity index (χ3n) is 3.33. The lowest BCUT2D eigenvalue weighted by Crippen LogP contribution is -2.13. The number of carbonyl (C=O) groups excluding carboxylic acids is 2. The van der Waals surface area contributed by atoms with E-state index in [2.05, 4.69) is 20.8 Å². The van der Waals surface area contributed by atoms with E-state index in [0.717, 1.165) is 18.4 Å². The number of tetrazole rings is 1. The second-order valence-electron chi connectivity index (χ2n) is 5.32. The summed E-state index contributed by atoms with van der Waals surface area (Å²) in [4.78, 5) is 24.4. The fourth-order valence-electron chi connectivity index (χ4n) is 2.08. The Hall–Kier alpha value is -1.94. The number of aryl methyl sites for hydroxylation is 1. The normalized spacial score (nSPS) is 13.8. The topological polar surface area (TPSA) is 99.0 Å². The monoisotopic (exact) mass is 367 g/mol. The minimum absolute atomic E-state index is 0.165. The van der Waals surface area contributed by atoms with E-state index in [1.54, 1.807) is 17.7 Å². The summed E-state index contributed by atoms with van der Waals surface area (Å²) in [6, 6.07) is 2.14. The average Bonchev–Trinajstić information content (AvgIpc) is 3.16. The van der Waals surface area contributed by atoms with Crippen LogP contribution in [0.3, 0.4) is 0 Å². The van der Waals surface area contributed by atoms with E-state index in [1.165, 1.54) is 23.1 Å². The van der Waals surface area contributed by atoms with Crippen LogP contribution >= 0.6 is 23.1 Å². The lowest BCUT2D eigenvalue weighted by atomic mass is 10.3. The third kappa shape index (κ3) is 3.93. The predicted molar refractivity (Wildman–Crippen MR) is 90.5 cm³/mol. The van der Waals surface area contributed by atoms with Gasteiger partial charge in [0.05, 0.1) is 23.4 Å². The highest BCUT2D eigenvalue weighted by molar-refractivity contribution is 7.99. The smallest absolute Gasteiger partial charge is 0.348 e. The van der Waals surface area contributed by atoms with Crippen LogP contribution < -0.4 is 5.32 Å². The summed E-state index contributed by atoms with van der Waals surface area (Å²) in [5.74, 6) is -0.320. The molecule has 1 amide bonds. The lowest BCUT2D eigenvalue weighted by molar-refractivity contribution is -0.113. The zero-order chi connectivity index (χ0) is 17.1. The van der Waals surface area contributed by atoms with Gasteiger partial charge < -0.3 is 10.1 Å². The summed E-state index contributed by atoms with van der Waals surface area (Å²) in [5.41, 5.74) is 0.791. The fourth-order valence-corrected chi connectivity index (χ4v) is 3.80. The summed E-state index contributed by atoms with van der Waals surface area (Å²) >= 11 is 2.52. The maximum atomic E-state index is 12.1. The minimum atomic E-state index is -0.363. The van der Waals surface area contributed by atoms with Crippen molar-refractivity contribution in [2.75, 3.05) is 17.7 Å². The largest absolute Gasteiger partial charge is 0.462 e. The highest BCUT2D eigenvalue weighted by Crippen LogP contribution is 2.36. The first kappa shape index (κ1) is 16.9. The van der Waals surface area contributed by atoms with Gasteiger partial charge in [-0.15, -0.1) is 16.4 Å². The molecule has 24 heavy (non-hydrogen) atoms. The van der Waals surface area contributed by atoms with Gasteiger partial charge >= 0.3 is 5.97 Å². The number of anilines is 1. The van der Waals surface area contributed by atoms with Crippen LogP contribution in [0, 0.1) is 6.92 Å². The van der Waals surface area contributed by atoms with E-state index >= 15 is 0 Å². The first-order valence-electron chi connectivity index (χ1n) is 7.56. The van der Waals surface area contributed by atoms with E-state index in [1.807, 2.05) is 6.92 Å². The molecule has 2 aromatic rings. The Balaban J connectivity index is 1.56. The Bertz CT molecular complexity index is 753. The molecule has 0 unspecified atom stereocenters. The molecular weight excluding hydrogens is 350 g/mol. The second-order valence-corrected chi connectivity index (χ2v) is 7.31. The van der Waals surface area contributed by atoms with Crippen LogP contribution in [0.25, 0.3) is 0 Å². The van der Waals surface area contributed by atoms with Crippen LogP contribution in [-0.2, 0) is 9.53 Å². The minimum Gasteiger partial charge on any atom is -0.462 e. The van der Waals surface area contributed by atoms with Crippen molar-refractivity contribution >= 4 is 40.0 Å². The van der Waals surface area contributed by atoms with Gasteiger partial charge in [0.15, 0.2) is 0 Å². The van der Waals surface area contributed by atoms with Crippen molar-refractivity contribution in [1.29, 1.82) is 0 Å². The van der Waals surface area contributed by atoms with Crippen molar-refractivity contribution < 1.29 is 14.3 Å². The second kappa shape index (κ2) is 7.31. The Kier molecular flexibility index (Phi) is 5.14. The molecule has 2 heterocycles. The highest BCUT2D eigenvalue weighted by Gasteiger charge is 2.28. The molecule has 1 aliphatic rings. The molecule has 0 radical (unpaired) electrons. The number of amides is 1.